The SMILES string of the molecule is CCCCCCCCCCCCCCCCCC(=O)OC(CCCCCCCCCCCCCCCC)CC(=O)NC(CO)C(O)CCCCCCCCCCCCC. The minimum absolute atomic E-state index is 0.0880. The molecule has 3 atom stereocenters. The molecular formula is C53H105NO5. The van der Waals surface area contributed by atoms with Gasteiger partial charge in [-0.25, -0.2) is 0 Å². The number of unbranched alkanes of at least 4 members (excludes halogenated alkanes) is 37. The molecule has 0 fully saturated rings. The van der Waals surface area contributed by atoms with Gasteiger partial charge in [0.1, 0.15) is 6.10 Å². The number of hydrogen-bond acceptors (Lipinski definition) is 5. The smallest absolute Gasteiger partial charge is 0.306 e. The number of carbonyl (C=O) groups is 2. The zero-order valence-corrected chi connectivity index (χ0v) is 40.2. The van der Waals surface area contributed by atoms with E-state index in [-0.39, 0.29) is 24.9 Å². The van der Waals surface area contributed by atoms with Crippen molar-refractivity contribution in [2.24, 2.45) is 0 Å². The molecule has 0 aromatic heterocycles. The molecule has 0 rings (SSSR count). The maximum atomic E-state index is 13.2. The van der Waals surface area contributed by atoms with Gasteiger partial charge in [-0.15, -0.1) is 0 Å². The molecule has 3 unspecified atom stereocenters. The predicted octanol–water partition coefficient (Wildman–Crippen LogP) is 16.0. The highest BCUT2D eigenvalue weighted by molar-refractivity contribution is 5.77. The zero-order valence-electron chi connectivity index (χ0n) is 40.2. The molecular weight excluding hydrogens is 731 g/mol. The molecule has 0 saturated heterocycles. The summed E-state index contributed by atoms with van der Waals surface area (Å²) in [5.41, 5.74) is 0. The normalized spacial score (nSPS) is 13.1. The highest BCUT2D eigenvalue weighted by Crippen LogP contribution is 2.19. The van der Waals surface area contributed by atoms with Gasteiger partial charge in [0.05, 0.1) is 25.2 Å². The van der Waals surface area contributed by atoms with Crippen molar-refractivity contribution in [3.8, 4) is 0 Å². The van der Waals surface area contributed by atoms with Gasteiger partial charge < -0.3 is 20.3 Å². The van der Waals surface area contributed by atoms with Crippen LogP contribution < -0.4 is 5.32 Å². The van der Waals surface area contributed by atoms with Crippen molar-refractivity contribution in [1.29, 1.82) is 0 Å². The van der Waals surface area contributed by atoms with Crippen LogP contribution in [-0.4, -0.2) is 46.9 Å². The Hall–Kier alpha value is -1.14. The average Bonchev–Trinajstić information content (AvgIpc) is 3.23. The molecule has 3 N–H and O–H groups in total. The first-order valence-corrected chi connectivity index (χ1v) is 26.8. The van der Waals surface area contributed by atoms with E-state index < -0.39 is 18.2 Å². The Morgan fingerprint density at radius 2 is 0.712 bits per heavy atom. The van der Waals surface area contributed by atoms with Crippen LogP contribution in [0.2, 0.25) is 0 Å². The van der Waals surface area contributed by atoms with Gasteiger partial charge >= 0.3 is 5.97 Å². The molecule has 0 aliphatic rings. The van der Waals surface area contributed by atoms with E-state index in [0.29, 0.717) is 19.3 Å². The number of ether oxygens (including phenoxy) is 1. The van der Waals surface area contributed by atoms with Crippen LogP contribution in [0.25, 0.3) is 0 Å². The summed E-state index contributed by atoms with van der Waals surface area (Å²) in [6, 6.07) is -0.691. The van der Waals surface area contributed by atoms with E-state index in [1.54, 1.807) is 0 Å². The molecule has 0 aromatic rings. The lowest BCUT2D eigenvalue weighted by atomic mass is 10.0. The Kier molecular flexibility index (Phi) is 47.0. The molecule has 0 bridgehead atoms. The zero-order chi connectivity index (χ0) is 43.1. The van der Waals surface area contributed by atoms with Crippen molar-refractivity contribution >= 4 is 11.9 Å². The summed E-state index contributed by atoms with van der Waals surface area (Å²) in [7, 11) is 0. The summed E-state index contributed by atoms with van der Waals surface area (Å²) < 4.78 is 5.95. The molecule has 352 valence electrons. The van der Waals surface area contributed by atoms with Crippen LogP contribution in [0.5, 0.6) is 0 Å². The largest absolute Gasteiger partial charge is 0.462 e. The molecule has 0 aromatic carbocycles. The molecule has 59 heavy (non-hydrogen) atoms. The van der Waals surface area contributed by atoms with Gasteiger partial charge in [0.2, 0.25) is 5.91 Å². The number of esters is 1. The number of rotatable bonds is 49. The molecule has 1 amide bonds. The summed E-state index contributed by atoms with van der Waals surface area (Å²) in [5.74, 6) is -0.449. The fourth-order valence-electron chi connectivity index (χ4n) is 8.61. The first-order valence-electron chi connectivity index (χ1n) is 26.8. The topological polar surface area (TPSA) is 95.9 Å². The van der Waals surface area contributed by atoms with E-state index in [9.17, 15) is 19.8 Å². The highest BCUT2D eigenvalue weighted by Gasteiger charge is 2.24. The van der Waals surface area contributed by atoms with Crippen LogP contribution in [0, 0.1) is 0 Å². The third-order valence-corrected chi connectivity index (χ3v) is 12.7. The molecule has 0 spiro atoms. The van der Waals surface area contributed by atoms with E-state index in [2.05, 4.69) is 26.1 Å². The Bertz CT molecular complexity index is 852. The Labute approximate surface area is 368 Å². The van der Waals surface area contributed by atoms with Crippen molar-refractivity contribution in [2.75, 3.05) is 6.61 Å². The maximum Gasteiger partial charge on any atom is 0.306 e. The maximum absolute atomic E-state index is 13.2. The number of nitrogens with one attached hydrogen (secondary N) is 1. The summed E-state index contributed by atoms with van der Waals surface area (Å²) in [4.78, 5) is 26.2. The lowest BCUT2D eigenvalue weighted by Gasteiger charge is -2.24. The number of aliphatic hydroxyl groups excluding tert-OH is 2. The Balaban J connectivity index is 4.51. The van der Waals surface area contributed by atoms with Gasteiger partial charge in [-0.2, -0.15) is 0 Å². The van der Waals surface area contributed by atoms with Crippen LogP contribution >= 0.6 is 0 Å². The molecule has 6 heteroatoms. The summed E-state index contributed by atoms with van der Waals surface area (Å²) in [6.07, 6.45) is 51.6. The van der Waals surface area contributed by atoms with Gasteiger partial charge in [0.25, 0.3) is 0 Å². The average molecular weight is 836 g/mol. The molecule has 6 nitrogen and oxygen atoms in total. The van der Waals surface area contributed by atoms with Crippen LogP contribution in [-0.2, 0) is 14.3 Å². The van der Waals surface area contributed by atoms with E-state index in [0.717, 1.165) is 38.5 Å². The van der Waals surface area contributed by atoms with Crippen molar-refractivity contribution in [1.82, 2.24) is 5.32 Å². The van der Waals surface area contributed by atoms with Crippen molar-refractivity contribution < 1.29 is 24.5 Å². The van der Waals surface area contributed by atoms with Crippen molar-refractivity contribution in [3.63, 3.8) is 0 Å². The second kappa shape index (κ2) is 47.9. The lowest BCUT2D eigenvalue weighted by Crippen LogP contribution is -2.46. The minimum atomic E-state index is -0.778. The van der Waals surface area contributed by atoms with E-state index in [1.165, 1.54) is 218 Å². The third-order valence-electron chi connectivity index (χ3n) is 12.7. The summed E-state index contributed by atoms with van der Waals surface area (Å²) >= 11 is 0. The Morgan fingerprint density at radius 1 is 0.424 bits per heavy atom. The lowest BCUT2D eigenvalue weighted by molar-refractivity contribution is -0.151. The van der Waals surface area contributed by atoms with Crippen LogP contribution in [0.1, 0.15) is 303 Å². The monoisotopic (exact) mass is 836 g/mol. The molecule has 0 radical (unpaired) electrons. The van der Waals surface area contributed by atoms with Gasteiger partial charge in [-0.1, -0.05) is 265 Å². The number of aliphatic hydroxyl groups is 2. The van der Waals surface area contributed by atoms with Gasteiger partial charge in [0, 0.05) is 6.42 Å². The van der Waals surface area contributed by atoms with E-state index in [4.69, 9.17) is 4.74 Å². The first-order chi connectivity index (χ1) is 29.0. The van der Waals surface area contributed by atoms with Crippen LogP contribution in [0.3, 0.4) is 0 Å². The third kappa shape index (κ3) is 43.3. The summed E-state index contributed by atoms with van der Waals surface area (Å²) in [6.45, 7) is 6.51. The predicted molar refractivity (Wildman–Crippen MR) is 255 cm³/mol. The van der Waals surface area contributed by atoms with E-state index in [1.807, 2.05) is 0 Å². The Morgan fingerprint density at radius 3 is 1.03 bits per heavy atom. The van der Waals surface area contributed by atoms with Crippen LogP contribution in [0.4, 0.5) is 0 Å². The van der Waals surface area contributed by atoms with Crippen molar-refractivity contribution in [2.45, 2.75) is 322 Å². The van der Waals surface area contributed by atoms with Gasteiger partial charge in [-0.3, -0.25) is 9.59 Å². The number of carbonyl (C=O) groups excluding carboxylic acids is 2. The molecule has 0 aliphatic heterocycles. The minimum Gasteiger partial charge on any atom is -0.462 e. The standard InChI is InChI=1S/C53H105NO5/c1-4-7-10-13-16-19-22-24-26-28-31-34-37-40-43-46-53(58)59-49(44-41-38-35-32-30-27-25-23-20-17-14-11-8-5-2)47-52(57)54-50(48-55)51(56)45-42-39-36-33-29-21-18-15-12-9-6-3/h49-51,55-56H,4-48H2,1-3H3,(H,54,57). The molecule has 0 saturated carbocycles. The van der Waals surface area contributed by atoms with E-state index >= 15 is 0 Å². The number of hydrogen-bond donors (Lipinski definition) is 3. The first kappa shape index (κ1) is 57.9. The molecule has 0 aliphatic carbocycles. The molecule has 0 heterocycles. The highest BCUT2D eigenvalue weighted by atomic mass is 16.5. The second-order valence-corrected chi connectivity index (χ2v) is 18.6. The number of amides is 1. The second-order valence-electron chi connectivity index (χ2n) is 18.6. The van der Waals surface area contributed by atoms with Gasteiger partial charge in [-0.05, 0) is 25.7 Å². The van der Waals surface area contributed by atoms with Crippen molar-refractivity contribution in [3.05, 3.63) is 0 Å². The fraction of sp³-hybridized carbons (Fsp3) is 0.962. The fourth-order valence-corrected chi connectivity index (χ4v) is 8.61. The quantitative estimate of drug-likeness (QED) is 0.0419. The van der Waals surface area contributed by atoms with Crippen LogP contribution in [0.15, 0.2) is 0 Å². The summed E-state index contributed by atoms with van der Waals surface area (Å²) in [5, 5.41) is 23.8. The van der Waals surface area contributed by atoms with Gasteiger partial charge in [0.15, 0.2) is 0 Å².